The average Bonchev–Trinajstić information content (AvgIpc) is 2.65. The van der Waals surface area contributed by atoms with E-state index < -0.39 is 0 Å². The summed E-state index contributed by atoms with van der Waals surface area (Å²) in [4.78, 5) is 2.33. The van der Waals surface area contributed by atoms with Gasteiger partial charge in [-0.05, 0) is 37.1 Å². The lowest BCUT2D eigenvalue weighted by molar-refractivity contribution is 0.477. The van der Waals surface area contributed by atoms with Gasteiger partial charge in [-0.25, -0.2) is 0 Å². The van der Waals surface area contributed by atoms with Crippen LogP contribution in [-0.2, 0) is 0 Å². The minimum atomic E-state index is 0.316. The summed E-state index contributed by atoms with van der Waals surface area (Å²) in [5.74, 6) is 0.316. The number of hydrogen-bond donors (Lipinski definition) is 1. The van der Waals surface area contributed by atoms with Crippen molar-refractivity contribution in [1.29, 1.82) is 0 Å². The zero-order valence-corrected chi connectivity index (χ0v) is 14.2. The van der Waals surface area contributed by atoms with Crippen molar-refractivity contribution in [2.75, 3.05) is 18.0 Å². The predicted molar refractivity (Wildman–Crippen MR) is 103 cm³/mol. The average molecular weight is 317 g/mol. The van der Waals surface area contributed by atoms with Gasteiger partial charge < -0.3 is 10.0 Å². The Labute approximate surface area is 144 Å². The molecule has 1 N–H and O–H groups in total. The largest absolute Gasteiger partial charge is 0.507 e. The molecule has 0 aliphatic heterocycles. The topological polar surface area (TPSA) is 23.5 Å². The fraction of sp³-hybridized carbons (Fsp3) is 0.182. The van der Waals surface area contributed by atoms with Crippen LogP contribution < -0.4 is 4.90 Å². The summed E-state index contributed by atoms with van der Waals surface area (Å²) in [6, 6.07) is 24.3. The van der Waals surface area contributed by atoms with Crippen LogP contribution in [0.25, 0.3) is 22.3 Å². The van der Waals surface area contributed by atoms with E-state index in [2.05, 4.69) is 30.9 Å². The maximum Gasteiger partial charge on any atom is 0.124 e. The summed E-state index contributed by atoms with van der Waals surface area (Å²) in [5, 5.41) is 10.6. The van der Waals surface area contributed by atoms with E-state index >= 15 is 0 Å². The van der Waals surface area contributed by atoms with E-state index in [0.717, 1.165) is 41.0 Å². The molecule has 0 aliphatic carbocycles. The third kappa shape index (κ3) is 3.00. The molecule has 0 radical (unpaired) electrons. The van der Waals surface area contributed by atoms with E-state index in [1.54, 1.807) is 0 Å². The normalized spacial score (nSPS) is 10.6. The lowest BCUT2D eigenvalue weighted by Crippen LogP contribution is -2.22. The van der Waals surface area contributed by atoms with Crippen molar-refractivity contribution in [2.45, 2.75) is 13.8 Å². The Morgan fingerprint density at radius 2 is 1.17 bits per heavy atom. The third-order valence-electron chi connectivity index (χ3n) is 4.39. The molecule has 2 heteroatoms. The molecular weight excluding hydrogens is 294 g/mol. The number of benzene rings is 3. The van der Waals surface area contributed by atoms with E-state index in [4.69, 9.17) is 0 Å². The highest BCUT2D eigenvalue weighted by atomic mass is 16.3. The lowest BCUT2D eigenvalue weighted by atomic mass is 9.91. The van der Waals surface area contributed by atoms with Gasteiger partial charge in [-0.15, -0.1) is 0 Å². The van der Waals surface area contributed by atoms with Crippen LogP contribution in [0, 0.1) is 0 Å². The highest BCUT2D eigenvalue weighted by Gasteiger charge is 2.19. The van der Waals surface area contributed by atoms with Crippen LogP contribution in [0.4, 0.5) is 5.69 Å². The monoisotopic (exact) mass is 317 g/mol. The van der Waals surface area contributed by atoms with Crippen LogP contribution in [-0.4, -0.2) is 18.2 Å². The van der Waals surface area contributed by atoms with E-state index in [0.29, 0.717) is 5.75 Å². The Kier molecular flexibility index (Phi) is 4.85. The van der Waals surface area contributed by atoms with E-state index in [1.165, 1.54) is 0 Å². The molecule has 0 aliphatic rings. The number of rotatable bonds is 5. The molecule has 0 atom stereocenters. The van der Waals surface area contributed by atoms with E-state index in [1.807, 2.05) is 60.7 Å². The summed E-state index contributed by atoms with van der Waals surface area (Å²) in [5.41, 5.74) is 5.29. The molecule has 0 bridgehead atoms. The smallest absolute Gasteiger partial charge is 0.124 e. The Bertz CT molecular complexity index is 793. The van der Waals surface area contributed by atoms with Gasteiger partial charge in [0.2, 0.25) is 0 Å². The summed E-state index contributed by atoms with van der Waals surface area (Å²) in [7, 11) is 0. The first-order valence-electron chi connectivity index (χ1n) is 8.48. The Hall–Kier alpha value is -2.74. The number of nitrogens with zero attached hydrogens (tertiary/aromatic N) is 1. The van der Waals surface area contributed by atoms with Crippen molar-refractivity contribution >= 4 is 5.69 Å². The zero-order chi connectivity index (χ0) is 16.9. The van der Waals surface area contributed by atoms with Gasteiger partial charge in [0, 0.05) is 29.9 Å². The van der Waals surface area contributed by atoms with Crippen molar-refractivity contribution in [2.24, 2.45) is 0 Å². The highest BCUT2D eigenvalue weighted by molar-refractivity contribution is 5.95. The van der Waals surface area contributed by atoms with Crippen molar-refractivity contribution in [3.05, 3.63) is 72.8 Å². The summed E-state index contributed by atoms with van der Waals surface area (Å²) in [6.45, 7) is 6.17. The predicted octanol–water partition coefficient (Wildman–Crippen LogP) is 5.57. The molecule has 24 heavy (non-hydrogen) atoms. The molecule has 0 heterocycles. The minimum absolute atomic E-state index is 0.316. The maximum absolute atomic E-state index is 10.6. The Balaban J connectivity index is 2.34. The first kappa shape index (κ1) is 16.1. The highest BCUT2D eigenvalue weighted by Crippen LogP contribution is 2.44. The van der Waals surface area contributed by atoms with Gasteiger partial charge in [-0.3, -0.25) is 0 Å². The molecule has 0 saturated heterocycles. The SMILES string of the molecule is CCN(CC)c1ccc(O)c(-c2ccccc2)c1-c1ccccc1. The van der Waals surface area contributed by atoms with Crippen molar-refractivity contribution in [3.8, 4) is 28.0 Å². The molecule has 0 aromatic heterocycles. The molecule has 3 aromatic carbocycles. The number of phenolic OH excluding ortho intramolecular Hbond substituents is 1. The molecule has 0 unspecified atom stereocenters. The fourth-order valence-electron chi connectivity index (χ4n) is 3.20. The fourth-order valence-corrected chi connectivity index (χ4v) is 3.20. The molecular formula is C22H23NO. The second-order valence-electron chi connectivity index (χ2n) is 5.76. The minimum Gasteiger partial charge on any atom is -0.507 e. The van der Waals surface area contributed by atoms with Gasteiger partial charge in [0.1, 0.15) is 5.75 Å². The van der Waals surface area contributed by atoms with Crippen LogP contribution in [0.15, 0.2) is 72.8 Å². The van der Waals surface area contributed by atoms with Crippen LogP contribution in [0.1, 0.15) is 13.8 Å². The lowest BCUT2D eigenvalue weighted by Gasteiger charge is -2.26. The van der Waals surface area contributed by atoms with Crippen molar-refractivity contribution < 1.29 is 5.11 Å². The summed E-state index contributed by atoms with van der Waals surface area (Å²) >= 11 is 0. The van der Waals surface area contributed by atoms with Gasteiger partial charge >= 0.3 is 0 Å². The third-order valence-corrected chi connectivity index (χ3v) is 4.39. The van der Waals surface area contributed by atoms with Crippen LogP contribution in [0.2, 0.25) is 0 Å². The molecule has 0 fully saturated rings. The van der Waals surface area contributed by atoms with Gasteiger partial charge in [0.25, 0.3) is 0 Å². The van der Waals surface area contributed by atoms with E-state index in [-0.39, 0.29) is 0 Å². The molecule has 2 nitrogen and oxygen atoms in total. The molecule has 3 rings (SSSR count). The second kappa shape index (κ2) is 7.22. The summed E-state index contributed by atoms with van der Waals surface area (Å²) in [6.07, 6.45) is 0. The first-order chi connectivity index (χ1) is 11.8. The van der Waals surface area contributed by atoms with Gasteiger partial charge in [0.15, 0.2) is 0 Å². The molecule has 0 saturated carbocycles. The number of aromatic hydroxyl groups is 1. The quantitative estimate of drug-likeness (QED) is 0.664. The zero-order valence-electron chi connectivity index (χ0n) is 14.2. The second-order valence-corrected chi connectivity index (χ2v) is 5.76. The first-order valence-corrected chi connectivity index (χ1v) is 8.48. The Morgan fingerprint density at radius 1 is 0.667 bits per heavy atom. The Morgan fingerprint density at radius 3 is 1.67 bits per heavy atom. The molecule has 0 spiro atoms. The van der Waals surface area contributed by atoms with Crippen molar-refractivity contribution in [1.82, 2.24) is 0 Å². The number of hydrogen-bond acceptors (Lipinski definition) is 2. The molecule has 122 valence electrons. The molecule has 3 aromatic rings. The van der Waals surface area contributed by atoms with Crippen LogP contribution >= 0.6 is 0 Å². The van der Waals surface area contributed by atoms with Crippen molar-refractivity contribution in [3.63, 3.8) is 0 Å². The van der Waals surface area contributed by atoms with Gasteiger partial charge in [-0.2, -0.15) is 0 Å². The van der Waals surface area contributed by atoms with Crippen LogP contribution in [0.5, 0.6) is 5.75 Å². The van der Waals surface area contributed by atoms with Gasteiger partial charge in [0.05, 0.1) is 0 Å². The molecule has 0 amide bonds. The summed E-state index contributed by atoms with van der Waals surface area (Å²) < 4.78 is 0. The number of phenols is 1. The van der Waals surface area contributed by atoms with Gasteiger partial charge in [-0.1, -0.05) is 60.7 Å². The maximum atomic E-state index is 10.6. The van der Waals surface area contributed by atoms with E-state index in [9.17, 15) is 5.11 Å². The standard InChI is InChI=1S/C22H23NO/c1-3-23(4-2)19-15-16-20(24)22(18-13-9-6-10-14-18)21(19)17-11-7-5-8-12-17/h5-16,24H,3-4H2,1-2H3. The van der Waals surface area contributed by atoms with Crippen LogP contribution in [0.3, 0.4) is 0 Å². The number of anilines is 1.